The van der Waals surface area contributed by atoms with Crippen LogP contribution in [-0.4, -0.2) is 341 Å². The first kappa shape index (κ1) is 130. The number of benzene rings is 2. The number of ether oxygens (including phenoxy) is 19. The van der Waals surface area contributed by atoms with Gasteiger partial charge in [-0.2, -0.15) is 0 Å². The number of carbonyl (C=O) groups excluding carboxylic acids is 12. The fraction of sp³-hybridized carbons (Fsp3) is 0.653. The molecule has 4 aliphatic heterocycles. The molecule has 0 bridgehead atoms. The fourth-order valence-corrected chi connectivity index (χ4v) is 22.7. The molecule has 20 atom stereocenters. The third-order valence-electron chi connectivity index (χ3n) is 15.9. The van der Waals surface area contributed by atoms with Gasteiger partial charge in [0, 0.05) is 76.3 Å². The number of aliphatic hydroxyl groups excluding tert-OH is 5. The molecule has 0 aromatic heterocycles. The van der Waals surface area contributed by atoms with Crippen LogP contribution in [0.2, 0.25) is 0 Å². The zero-order valence-electron chi connectivity index (χ0n) is 74.2. The zero-order valence-corrected chi connectivity index (χ0v) is 80.2. The van der Waals surface area contributed by atoms with Crippen LogP contribution >= 0.6 is 0 Å². The number of carboxylic acid groups (broad SMARTS) is 2. The van der Waals surface area contributed by atoms with E-state index in [9.17, 15) is 147 Å². The van der Waals surface area contributed by atoms with Crippen LogP contribution in [0.5, 0.6) is 0 Å². The van der Waals surface area contributed by atoms with Crippen LogP contribution < -0.4 is 0 Å². The number of carbonyl (C=O) groups is 14. The Bertz CT molecular complexity index is 4410. The fourth-order valence-electron chi connectivity index (χ4n) is 10.5. The molecule has 2 aromatic rings. The number of halogens is 9. The van der Waals surface area contributed by atoms with E-state index in [-0.39, 0.29) is 78.7 Å². The Morgan fingerprint density at radius 3 is 0.847 bits per heavy atom. The van der Waals surface area contributed by atoms with Gasteiger partial charge in [-0.05, 0) is 38.8 Å². The van der Waals surface area contributed by atoms with Crippen molar-refractivity contribution in [2.75, 3.05) is 33.5 Å². The molecule has 7 N–H and O–H groups in total. The summed E-state index contributed by atoms with van der Waals surface area (Å²) in [5, 5.41) is 60.8. The van der Waals surface area contributed by atoms with Crippen LogP contribution in [0.3, 0.4) is 0 Å². The Labute approximate surface area is 785 Å². The summed E-state index contributed by atoms with van der Waals surface area (Å²) in [4.78, 5) is 158. The molecule has 2 aromatic carbocycles. The van der Waals surface area contributed by atoms with Gasteiger partial charge in [-0.3, -0.25) is 67.1 Å². The molecule has 786 valence electrons. The first-order valence-electron chi connectivity index (χ1n) is 38.6. The summed E-state index contributed by atoms with van der Waals surface area (Å²) < 4.78 is 279. The maximum absolute atomic E-state index is 12.0. The van der Waals surface area contributed by atoms with E-state index in [0.29, 0.717) is 0 Å². The number of esters is 12. The Balaban J connectivity index is 0. The third-order valence-corrected chi connectivity index (χ3v) is 29.7. The van der Waals surface area contributed by atoms with E-state index < -0.39 is 270 Å². The molecule has 6 rings (SSSR count). The number of rotatable bonds is 34. The summed E-state index contributed by atoms with van der Waals surface area (Å²) in [5.41, 5.74) is -17.6. The van der Waals surface area contributed by atoms with Gasteiger partial charge in [0.1, 0.15) is 31.5 Å². The molecule has 62 heteroatoms. The van der Waals surface area contributed by atoms with Crippen molar-refractivity contribution >= 4 is 137 Å². The minimum atomic E-state index is -7.11. The van der Waals surface area contributed by atoms with Crippen molar-refractivity contribution < 1.29 is 264 Å². The number of hydrogen-bond acceptors (Lipinski definition) is 47. The van der Waals surface area contributed by atoms with Crippen molar-refractivity contribution in [3.05, 3.63) is 71.8 Å². The van der Waals surface area contributed by atoms with Gasteiger partial charge in [0.2, 0.25) is 12.4 Å². The summed E-state index contributed by atoms with van der Waals surface area (Å²) in [5.74, 6) is -9.64. The van der Waals surface area contributed by atoms with E-state index in [1.807, 2.05) is 60.7 Å². The summed E-state index contributed by atoms with van der Waals surface area (Å²) >= 11 is -7.11. The summed E-state index contributed by atoms with van der Waals surface area (Å²) in [6.07, 6.45) is -22.4. The second-order valence-electron chi connectivity index (χ2n) is 27.1. The molecular formula is C75H106BiF9O49S3. The van der Waals surface area contributed by atoms with Crippen LogP contribution in [0, 0.1) is 0 Å². The molecular weight excluding hydrogens is 2160 g/mol. The molecule has 0 radical (unpaired) electrons. The topological polar surface area (TPSA) is 686 Å². The monoisotopic (exact) mass is 2270 g/mol. The summed E-state index contributed by atoms with van der Waals surface area (Å²) in [6.45, 7) is 17.6. The molecule has 137 heavy (non-hydrogen) atoms. The van der Waals surface area contributed by atoms with E-state index in [1.54, 1.807) is 20.8 Å². The van der Waals surface area contributed by atoms with E-state index in [4.69, 9.17) is 110 Å². The molecule has 4 heterocycles. The number of carboxylic acids is 2. The maximum atomic E-state index is 12.0. The Morgan fingerprint density at radius 2 is 0.577 bits per heavy atom. The van der Waals surface area contributed by atoms with Gasteiger partial charge in [-0.1, -0.05) is 68.1 Å². The first-order chi connectivity index (χ1) is 62.7. The van der Waals surface area contributed by atoms with Gasteiger partial charge < -0.3 is 126 Å². The number of alkyl halides is 9. The predicted molar refractivity (Wildman–Crippen MR) is 427 cm³/mol. The molecule has 4 aliphatic rings. The van der Waals surface area contributed by atoms with Gasteiger partial charge >= 0.3 is 225 Å². The van der Waals surface area contributed by atoms with Gasteiger partial charge in [0.05, 0.1) is 76.5 Å². The van der Waals surface area contributed by atoms with Gasteiger partial charge in [0.15, 0.2) is 67.7 Å². The standard InChI is InChI=1S/C22H28O10.C15H22O10.C14H20O9.C10H12O3.C9H16O7.3CHF3O3S.CH4O.CH4.Bi/c1-13-19(30-14(2)23)20(31-15(3)24)21(32-16(4)25)22(29-13)27-11-10-18(26)28-12-17-8-6-5-7-9-17;1-7-12(23-8(2)16)13(24-9(3)17)14(25-10(4)18)15(22-7)21-6-5-11(19)20;1-6-11(20-7(2)15)12(21-8(3)16)13(22-9(4)17)14(19-6)23-10(5)18;11-7-6-10(12)13-8-9-4-2-1-3-5-9;1-4-6(12)7(13)8(14)9(16-4)15-3-2-5(10)11;3*2-1(3,4)8(5,6)7;1-2;;/h5-9,13,19-22H,10-12H2,1-4H3;7,12-15H,5-6H2,1-4H3,(H,19,20);6,11-14H,1-5H3;1-5,11H,6-8H2;4,6-9,12-14H,2-3H2,1H3,(H,10,11);3*(H,5,6,7);2H,1H3;1H4;/q;;;;;;;;;;+3/p-3/t13?,19-,20-,21?,22+;7?,12-,13-,14?,15+;6?,11-,12-,13?,14?;;4?,6-,7-,8?,9+;;;;;;/m000.0....../s1. The van der Waals surface area contributed by atoms with Crippen molar-refractivity contribution in [1.82, 2.24) is 0 Å². The van der Waals surface area contributed by atoms with Crippen LogP contribution in [0.1, 0.15) is 141 Å². The summed E-state index contributed by atoms with van der Waals surface area (Å²) in [7, 11) is -20.2. The molecule has 9 unspecified atom stereocenters. The third kappa shape index (κ3) is 49.3. The average molecular weight is 2270 g/mol. The van der Waals surface area contributed by atoms with Crippen LogP contribution in [-0.2, 0) is 207 Å². The van der Waals surface area contributed by atoms with Crippen molar-refractivity contribution in [2.45, 2.75) is 283 Å². The minimum absolute atomic E-state index is 0. The molecule has 4 fully saturated rings. The quantitative estimate of drug-likeness (QED) is 0.0173. The molecule has 0 spiro atoms. The molecule has 0 amide bonds. The first-order valence-corrected chi connectivity index (χ1v) is 47.1. The van der Waals surface area contributed by atoms with Crippen molar-refractivity contribution in [3.8, 4) is 0 Å². The van der Waals surface area contributed by atoms with Gasteiger partial charge in [-0.15, -0.1) is 0 Å². The Kier molecular flexibility index (Phi) is 58.5. The Hall–Kier alpha value is -9.48. The van der Waals surface area contributed by atoms with E-state index >= 15 is 0 Å². The van der Waals surface area contributed by atoms with Crippen LogP contribution in [0.25, 0.3) is 0 Å². The molecule has 0 aliphatic carbocycles. The van der Waals surface area contributed by atoms with Crippen molar-refractivity contribution in [2.24, 2.45) is 0 Å². The zero-order chi connectivity index (χ0) is 105. The number of aliphatic carboxylic acids is 2. The van der Waals surface area contributed by atoms with Crippen molar-refractivity contribution in [1.29, 1.82) is 0 Å². The van der Waals surface area contributed by atoms with Crippen LogP contribution in [0.15, 0.2) is 60.7 Å². The van der Waals surface area contributed by atoms with E-state index in [2.05, 4.69) is 6.78 Å². The molecule has 0 saturated carbocycles. The summed E-state index contributed by atoms with van der Waals surface area (Å²) in [6, 6.07) is 18.6. The van der Waals surface area contributed by atoms with Crippen LogP contribution in [0.4, 0.5) is 39.5 Å². The number of aliphatic hydroxyl groups is 5. The average Bonchev–Trinajstić information content (AvgIpc) is 0.813. The molecule has 4 saturated heterocycles. The second kappa shape index (κ2) is 61.9. The van der Waals surface area contributed by atoms with Gasteiger partial charge in [0.25, 0.3) is 0 Å². The number of hydrogen-bond donors (Lipinski definition) is 7. The van der Waals surface area contributed by atoms with E-state index in [1.165, 1.54) is 41.5 Å². The Morgan fingerprint density at radius 1 is 0.336 bits per heavy atom. The van der Waals surface area contributed by atoms with Crippen molar-refractivity contribution in [3.63, 3.8) is 0 Å². The van der Waals surface area contributed by atoms with Gasteiger partial charge in [-0.25, -0.2) is 0 Å². The second-order valence-corrected chi connectivity index (χ2v) is 38.7. The normalized spacial score (nSPS) is 24.5. The predicted octanol–water partition coefficient (Wildman–Crippen LogP) is 2.02. The molecule has 49 nitrogen and oxygen atoms in total. The SMILES string of the molecule is C.CC(=O)OC1OC(C)[C@H](OC(C)=O)[C@H](OC(C)=O)C1OC(C)=O.CC(=O)OC1[C@H](OCCC(=O)O)OC(C)[C@H](OC(C)=O)[C@@H]1OC(C)=O.CC(=O)OC1[C@H](OCCC(=O)OCc2ccccc2)OC(C)[C@H](OC(C)=O)[C@@H]1OC(C)=O.CC1O[C@@H](OCCC(=O)O)C(O)[C@@H](O)[C@H]1O.CO.O=C(CCO)OCc1ccccc1.O=S(=O)([O][Bi]([O]S(=O)(=O)C(F)(F)F)[O]S(=O)(=O)C(F)(F)F)C(F)(F)F. The van der Waals surface area contributed by atoms with E-state index in [0.717, 1.165) is 52.9 Å².